The number of ether oxygens (including phenoxy) is 6. The number of imidazole rings is 2. The highest BCUT2D eigenvalue weighted by molar-refractivity contribution is 6.39. The topological polar surface area (TPSA) is 320 Å². The molecule has 3 saturated heterocycles. The SMILES string of the molecule is C=C(c1c(OC)nc2ccc(C(O)(c3ccc(C)nc3C)c3cnnn3C)cc2c1Cl)N1CCC(C(F)(F)F)CC1.COc1nc2ccc(C(O)(c3ccc(C(F)(F)F)nc3)c3cncn3C)cc2c(Cl)c1OCC1CC1.COc1nc2ccc(C(O)(c3ccccc3)C3CCN(C(C)=O)CC3)cc2c(Cl)c1OC(C)C.Cn1cncc1C(O)(c1ccc(C(F)(F)F)nc1)c1ccc2nc(N3CCC3)c(OCC(C)(F)F)c(Cl)c2c1. The number of anilines is 1. The molecule has 5 aromatic carbocycles. The van der Waals surface area contributed by atoms with Crippen molar-refractivity contribution in [2.24, 2.45) is 38.9 Å². The van der Waals surface area contributed by atoms with Gasteiger partial charge in [-0.3, -0.25) is 19.7 Å². The van der Waals surface area contributed by atoms with E-state index in [2.05, 4.69) is 61.7 Å². The van der Waals surface area contributed by atoms with Crippen molar-refractivity contribution >= 4 is 107 Å². The zero-order chi connectivity index (χ0) is 108. The highest BCUT2D eigenvalue weighted by atomic mass is 35.5. The number of nitrogens with zero attached hydrogens (tertiary/aromatic N) is 17. The number of methoxy groups -OCH3 is 3. The van der Waals surface area contributed by atoms with Gasteiger partial charge < -0.3 is 72.7 Å². The summed E-state index contributed by atoms with van der Waals surface area (Å²) in [4.78, 5) is 55.4. The second kappa shape index (κ2) is 43.5. The molecule has 790 valence electrons. The molecular formula is C107H106Cl4F11N17O11. The van der Waals surface area contributed by atoms with Crippen molar-refractivity contribution in [2.75, 3.05) is 78.7 Å². The molecular weight excluding hydrogens is 2050 g/mol. The molecule has 1 aliphatic carbocycles. The molecule has 1 saturated carbocycles. The average molecular weight is 2160 g/mol. The largest absolute Gasteiger partial charge is 0.486 e. The monoisotopic (exact) mass is 2150 g/mol. The maximum atomic E-state index is 13.7. The number of hydrogen-bond donors (Lipinski definition) is 4. The molecule has 13 heterocycles. The van der Waals surface area contributed by atoms with Crippen molar-refractivity contribution in [1.82, 2.24) is 78.8 Å². The van der Waals surface area contributed by atoms with Gasteiger partial charge in [0.25, 0.3) is 17.7 Å². The van der Waals surface area contributed by atoms with E-state index in [0.29, 0.717) is 168 Å². The lowest BCUT2D eigenvalue weighted by atomic mass is 9.72. The van der Waals surface area contributed by atoms with E-state index < -0.39 is 70.8 Å². The third-order valence-corrected chi connectivity index (χ3v) is 28.8. The van der Waals surface area contributed by atoms with E-state index in [4.69, 9.17) is 74.8 Å². The summed E-state index contributed by atoms with van der Waals surface area (Å²) in [7, 11) is 9.45. The Kier molecular flexibility index (Phi) is 31.7. The molecule has 19 rings (SSSR count). The molecule has 150 heavy (non-hydrogen) atoms. The molecule has 4 fully saturated rings. The van der Waals surface area contributed by atoms with Crippen LogP contribution in [0.1, 0.15) is 163 Å². The fourth-order valence-corrected chi connectivity index (χ4v) is 20.2. The summed E-state index contributed by atoms with van der Waals surface area (Å²) in [5.74, 6) is -2.20. The van der Waals surface area contributed by atoms with Crippen molar-refractivity contribution in [3.05, 3.63) is 300 Å². The van der Waals surface area contributed by atoms with Crippen LogP contribution in [0.2, 0.25) is 20.1 Å². The van der Waals surface area contributed by atoms with Crippen LogP contribution in [-0.4, -0.2) is 197 Å². The first-order valence-electron chi connectivity index (χ1n) is 47.8. The lowest BCUT2D eigenvalue weighted by Gasteiger charge is -2.42. The first-order chi connectivity index (χ1) is 71.0. The lowest BCUT2D eigenvalue weighted by molar-refractivity contribution is -0.183. The molecule has 1 amide bonds. The Hall–Kier alpha value is -13.4. The van der Waals surface area contributed by atoms with Gasteiger partial charge in [0.2, 0.25) is 23.3 Å². The highest BCUT2D eigenvalue weighted by Gasteiger charge is 2.48. The summed E-state index contributed by atoms with van der Waals surface area (Å²) in [6, 6.07) is 37.7. The average Bonchev–Trinajstić information content (AvgIpc) is 1.15. The molecule has 15 aromatic rings. The van der Waals surface area contributed by atoms with Crippen molar-refractivity contribution in [1.29, 1.82) is 0 Å². The summed E-state index contributed by atoms with van der Waals surface area (Å²) in [6.45, 7) is 16.5. The van der Waals surface area contributed by atoms with Crippen molar-refractivity contribution in [2.45, 2.75) is 139 Å². The molecule has 4 N–H and O–H groups in total. The van der Waals surface area contributed by atoms with E-state index in [1.165, 1.54) is 74.0 Å². The van der Waals surface area contributed by atoms with Crippen LogP contribution in [0.15, 0.2) is 190 Å². The maximum Gasteiger partial charge on any atom is 0.433 e. The number of carbonyl (C=O) groups is 1. The van der Waals surface area contributed by atoms with Crippen LogP contribution in [0, 0.1) is 31.6 Å². The van der Waals surface area contributed by atoms with Crippen LogP contribution in [0.4, 0.5) is 54.1 Å². The van der Waals surface area contributed by atoms with Gasteiger partial charge in [-0.2, -0.15) is 39.5 Å². The number of aromatic nitrogens is 14. The van der Waals surface area contributed by atoms with Gasteiger partial charge >= 0.3 is 18.5 Å². The fraction of sp³-hybridized carbons (Fsp3) is 0.364. The predicted octanol–water partition coefficient (Wildman–Crippen LogP) is 21.4. The van der Waals surface area contributed by atoms with E-state index in [0.717, 1.165) is 73.6 Å². The standard InChI is InChI=1S/C29H30ClF3N6O2.C27H31ClN2O4.C26H23ClF5N5O2.C25H22ClF3N4O3/c1-16-6-8-22(17(2)35-16)28(40,24-15-34-37-38(24)4)20-7-9-23-21(14-20)26(30)25(27(36-23)41-5)18(3)39-12-10-19(11-13-39)29(31,32)33;1-17(2)34-25-24(28)22-16-21(10-11-23(22)29-26(25)33-4)27(32,19-8-6-5-7-9-19)20-12-14-30(15-13-20)18(3)31;1-24(28,29)13-39-22-21(27)17-10-15(4-6-18(17)35-23(22)37-8-3-9-37)25(38,20-12-33-14-36(20)2)16-5-7-19(34-11-16)26(30,31)32;1-33-13-30-11-20(33)24(34,16-6-8-19(31-10-16)25(27,28)29)15-5-7-18-17(9-15)21(26)22(23(32-18)35-2)36-12-14-3-4-14/h6-9,14-15,19,40H,3,10-13H2,1-2,4-5H3;5-11,16-17,20,32H,12-15H2,1-4H3;4-7,10-12,14,38H,3,8-9,13H2,1-2H3;5-11,13-14,34H,3-4,12H2,1-2H3. The van der Waals surface area contributed by atoms with Crippen LogP contribution in [0.5, 0.6) is 34.9 Å². The summed E-state index contributed by atoms with van der Waals surface area (Å²) in [5.41, 5.74) is -0.428. The number of likely N-dealkylation sites (tertiary alicyclic amines) is 2. The molecule has 10 aromatic heterocycles. The number of benzene rings is 5. The van der Waals surface area contributed by atoms with Gasteiger partial charge in [0.15, 0.2) is 35.0 Å². The van der Waals surface area contributed by atoms with Gasteiger partial charge in [0.1, 0.15) is 17.0 Å². The Morgan fingerprint density at radius 2 is 0.947 bits per heavy atom. The van der Waals surface area contributed by atoms with E-state index in [1.54, 1.807) is 86.1 Å². The zero-order valence-electron chi connectivity index (χ0n) is 83.4. The first kappa shape index (κ1) is 109. The molecule has 0 spiro atoms. The number of fused-ring (bicyclic) bond motifs is 4. The third kappa shape index (κ3) is 22.1. The van der Waals surface area contributed by atoms with Crippen LogP contribution in [-0.2, 0) is 60.7 Å². The molecule has 43 heteroatoms. The van der Waals surface area contributed by atoms with Gasteiger partial charge in [-0.15, -0.1) is 5.10 Å². The fourth-order valence-electron chi connectivity index (χ4n) is 19.0. The first-order valence-corrected chi connectivity index (χ1v) is 49.3. The number of amides is 1. The van der Waals surface area contributed by atoms with E-state index in [9.17, 15) is 73.5 Å². The number of alkyl halides is 11. The number of hydrogen-bond acceptors (Lipinski definition) is 24. The van der Waals surface area contributed by atoms with Gasteiger partial charge in [0, 0.05) is 142 Å². The Morgan fingerprint density at radius 1 is 0.487 bits per heavy atom. The normalized spacial score (nSPS) is 16.0. The number of halogens is 15. The highest BCUT2D eigenvalue weighted by Crippen LogP contribution is 2.52. The summed E-state index contributed by atoms with van der Waals surface area (Å²) >= 11 is 27.3. The second-order valence-electron chi connectivity index (χ2n) is 37.7. The Labute approximate surface area is 874 Å². The van der Waals surface area contributed by atoms with Crippen molar-refractivity contribution in [3.63, 3.8) is 0 Å². The number of aliphatic hydroxyl groups is 4. The second-order valence-corrected chi connectivity index (χ2v) is 39.2. The number of pyridine rings is 7. The molecule has 4 unspecified atom stereocenters. The van der Waals surface area contributed by atoms with Crippen LogP contribution >= 0.6 is 46.4 Å². The minimum absolute atomic E-state index is 0.0113. The quantitative estimate of drug-likeness (QED) is 0.0366. The molecule has 0 bridgehead atoms. The predicted molar refractivity (Wildman–Crippen MR) is 543 cm³/mol. The number of rotatable bonds is 26. The minimum Gasteiger partial charge on any atom is -0.486 e. The van der Waals surface area contributed by atoms with Crippen molar-refractivity contribution in [3.8, 4) is 34.9 Å². The van der Waals surface area contributed by atoms with E-state index >= 15 is 0 Å². The Morgan fingerprint density at radius 3 is 1.38 bits per heavy atom. The number of aryl methyl sites for hydroxylation is 5. The van der Waals surface area contributed by atoms with Crippen molar-refractivity contribution < 1.29 is 102 Å². The lowest BCUT2D eigenvalue weighted by Crippen LogP contribution is -2.45. The van der Waals surface area contributed by atoms with Crippen LogP contribution in [0.3, 0.4) is 0 Å². The van der Waals surface area contributed by atoms with Crippen LogP contribution < -0.4 is 33.3 Å². The van der Waals surface area contributed by atoms with Gasteiger partial charge in [-0.05, 0) is 179 Å². The summed E-state index contributed by atoms with van der Waals surface area (Å²) in [5, 5.41) is 60.0. The molecule has 4 atom stereocenters. The summed E-state index contributed by atoms with van der Waals surface area (Å²) in [6.07, 6.45) is -0.0168. The summed E-state index contributed by atoms with van der Waals surface area (Å²) < 4.78 is 184. The van der Waals surface area contributed by atoms with E-state index in [-0.39, 0.29) is 98.8 Å². The van der Waals surface area contributed by atoms with E-state index in [1.807, 2.05) is 98.2 Å². The van der Waals surface area contributed by atoms with Crippen LogP contribution in [0.25, 0.3) is 49.3 Å². The minimum atomic E-state index is -4.66. The Balaban J connectivity index is 0.000000143. The molecule has 28 nitrogen and oxygen atoms in total. The Bertz CT molecular complexity index is 7490. The van der Waals surface area contributed by atoms with Gasteiger partial charge in [-0.1, -0.05) is 131 Å². The molecule has 3 aliphatic heterocycles. The van der Waals surface area contributed by atoms with Gasteiger partial charge in [0.05, 0.1) is 136 Å². The number of piperidine rings is 2. The molecule has 0 radical (unpaired) electrons. The smallest absolute Gasteiger partial charge is 0.433 e. The maximum absolute atomic E-state index is 13.7. The zero-order valence-corrected chi connectivity index (χ0v) is 86.4. The number of carbonyl (C=O) groups excluding carboxylic acids is 1. The molecule has 4 aliphatic rings. The third-order valence-electron chi connectivity index (χ3n) is 27.3. The van der Waals surface area contributed by atoms with Gasteiger partial charge in [-0.25, -0.2) is 43.4 Å².